The van der Waals surface area contributed by atoms with Crippen LogP contribution in [0.5, 0.6) is 0 Å². The Bertz CT molecular complexity index is 570. The van der Waals surface area contributed by atoms with Gasteiger partial charge in [-0.15, -0.1) is 0 Å². The summed E-state index contributed by atoms with van der Waals surface area (Å²) in [5.74, 6) is -0.0882. The third-order valence-corrected chi connectivity index (χ3v) is 3.08. The molecule has 0 saturated heterocycles. The van der Waals surface area contributed by atoms with Crippen LogP contribution >= 0.6 is 11.6 Å². The maximum absolute atomic E-state index is 12.3. The Kier molecular flexibility index (Phi) is 2.94. The van der Waals surface area contributed by atoms with Crippen LogP contribution in [-0.2, 0) is 7.05 Å². The predicted molar refractivity (Wildman–Crippen MR) is 69.4 cm³/mol. The van der Waals surface area contributed by atoms with Crippen LogP contribution < -0.4 is 5.73 Å². The SMILES string of the molecule is Cc1cc(N)c(C(=O)c2ccc(Cl)cc2)n1C. The van der Waals surface area contributed by atoms with Crippen molar-refractivity contribution in [3.8, 4) is 0 Å². The van der Waals surface area contributed by atoms with Crippen LogP contribution in [0.3, 0.4) is 0 Å². The number of nitrogens with zero attached hydrogens (tertiary/aromatic N) is 1. The van der Waals surface area contributed by atoms with Crippen LogP contribution in [0.25, 0.3) is 0 Å². The molecule has 1 aromatic heterocycles. The van der Waals surface area contributed by atoms with E-state index in [-0.39, 0.29) is 5.78 Å². The molecule has 2 N–H and O–H groups in total. The Morgan fingerprint density at radius 3 is 2.35 bits per heavy atom. The molecule has 0 unspecified atom stereocenters. The third kappa shape index (κ3) is 2.06. The molecule has 0 fully saturated rings. The van der Waals surface area contributed by atoms with Crippen molar-refractivity contribution in [1.29, 1.82) is 0 Å². The number of aryl methyl sites for hydroxylation is 1. The van der Waals surface area contributed by atoms with Crippen molar-refractivity contribution in [2.75, 3.05) is 5.73 Å². The third-order valence-electron chi connectivity index (χ3n) is 2.82. The van der Waals surface area contributed by atoms with Gasteiger partial charge in [0.15, 0.2) is 0 Å². The summed E-state index contributed by atoms with van der Waals surface area (Å²) in [6, 6.07) is 8.59. The summed E-state index contributed by atoms with van der Waals surface area (Å²) in [6.45, 7) is 1.91. The van der Waals surface area contributed by atoms with Gasteiger partial charge in [0.1, 0.15) is 5.69 Å². The fourth-order valence-corrected chi connectivity index (χ4v) is 1.91. The summed E-state index contributed by atoms with van der Waals surface area (Å²) in [4.78, 5) is 12.3. The highest BCUT2D eigenvalue weighted by Gasteiger charge is 2.17. The van der Waals surface area contributed by atoms with Gasteiger partial charge in [-0.05, 0) is 37.3 Å². The van der Waals surface area contributed by atoms with E-state index < -0.39 is 0 Å². The van der Waals surface area contributed by atoms with Crippen molar-refractivity contribution in [2.24, 2.45) is 7.05 Å². The lowest BCUT2D eigenvalue weighted by Gasteiger charge is -2.05. The molecule has 17 heavy (non-hydrogen) atoms. The van der Waals surface area contributed by atoms with E-state index in [4.69, 9.17) is 17.3 Å². The second-order valence-electron chi connectivity index (χ2n) is 3.98. The average Bonchev–Trinajstić information content (AvgIpc) is 2.53. The number of nitrogen functional groups attached to an aromatic ring is 1. The number of anilines is 1. The number of ketones is 1. The first-order valence-corrected chi connectivity index (χ1v) is 5.60. The lowest BCUT2D eigenvalue weighted by molar-refractivity contribution is 0.103. The number of hydrogen-bond donors (Lipinski definition) is 1. The van der Waals surface area contributed by atoms with Gasteiger partial charge < -0.3 is 10.3 Å². The molecule has 0 aliphatic carbocycles. The van der Waals surface area contributed by atoms with E-state index in [9.17, 15) is 4.79 Å². The molecule has 2 rings (SSSR count). The second-order valence-corrected chi connectivity index (χ2v) is 4.42. The number of aromatic nitrogens is 1. The lowest BCUT2D eigenvalue weighted by Crippen LogP contribution is -2.10. The van der Waals surface area contributed by atoms with Crippen molar-refractivity contribution in [1.82, 2.24) is 4.57 Å². The van der Waals surface area contributed by atoms with Crippen LogP contribution in [0.15, 0.2) is 30.3 Å². The Hall–Kier alpha value is -1.74. The first-order valence-electron chi connectivity index (χ1n) is 5.22. The predicted octanol–water partition coefficient (Wildman–Crippen LogP) is 2.80. The molecule has 3 nitrogen and oxygen atoms in total. The summed E-state index contributed by atoms with van der Waals surface area (Å²) in [7, 11) is 1.83. The molecule has 0 aliphatic heterocycles. The highest BCUT2D eigenvalue weighted by Crippen LogP contribution is 2.21. The maximum atomic E-state index is 12.3. The summed E-state index contributed by atoms with van der Waals surface area (Å²) >= 11 is 5.79. The lowest BCUT2D eigenvalue weighted by atomic mass is 10.1. The van der Waals surface area contributed by atoms with E-state index in [1.165, 1.54) is 0 Å². The normalized spacial score (nSPS) is 10.5. The molecule has 0 amide bonds. The van der Waals surface area contributed by atoms with Gasteiger partial charge in [-0.1, -0.05) is 11.6 Å². The topological polar surface area (TPSA) is 48.0 Å². The van der Waals surface area contributed by atoms with Gasteiger partial charge in [0, 0.05) is 23.3 Å². The van der Waals surface area contributed by atoms with Crippen molar-refractivity contribution in [2.45, 2.75) is 6.92 Å². The fraction of sp³-hybridized carbons (Fsp3) is 0.154. The van der Waals surface area contributed by atoms with E-state index in [2.05, 4.69) is 0 Å². The molecule has 0 spiro atoms. The van der Waals surface area contributed by atoms with Gasteiger partial charge in [-0.2, -0.15) is 0 Å². The number of carbonyl (C=O) groups excluding carboxylic acids is 1. The van der Waals surface area contributed by atoms with Crippen LogP contribution in [0, 0.1) is 6.92 Å². The first kappa shape index (κ1) is 11.7. The smallest absolute Gasteiger partial charge is 0.211 e. The number of nitrogens with two attached hydrogens (primary N) is 1. The van der Waals surface area contributed by atoms with Gasteiger partial charge >= 0.3 is 0 Å². The molecule has 1 heterocycles. The first-order chi connectivity index (χ1) is 8.00. The molecule has 0 bridgehead atoms. The van der Waals surface area contributed by atoms with E-state index in [1.54, 1.807) is 34.9 Å². The molecular formula is C13H13ClN2O. The Morgan fingerprint density at radius 1 is 1.29 bits per heavy atom. The van der Waals surface area contributed by atoms with Crippen LogP contribution in [0.2, 0.25) is 5.02 Å². The van der Waals surface area contributed by atoms with Gasteiger partial charge in [-0.3, -0.25) is 4.79 Å². The summed E-state index contributed by atoms with van der Waals surface area (Å²) < 4.78 is 1.80. The summed E-state index contributed by atoms with van der Waals surface area (Å²) in [5, 5.41) is 0.609. The van der Waals surface area contributed by atoms with Gasteiger partial charge in [0.05, 0.1) is 5.69 Å². The average molecular weight is 249 g/mol. The molecule has 88 valence electrons. The number of halogens is 1. The molecule has 1 aromatic carbocycles. The van der Waals surface area contributed by atoms with E-state index in [0.29, 0.717) is 22.0 Å². The minimum Gasteiger partial charge on any atom is -0.397 e. The monoisotopic (exact) mass is 248 g/mol. The van der Waals surface area contributed by atoms with Crippen LogP contribution in [0.4, 0.5) is 5.69 Å². The molecule has 0 saturated carbocycles. The second kappa shape index (κ2) is 4.26. The van der Waals surface area contributed by atoms with Gasteiger partial charge in [0.25, 0.3) is 0 Å². The van der Waals surface area contributed by atoms with Crippen molar-refractivity contribution in [3.63, 3.8) is 0 Å². The fourth-order valence-electron chi connectivity index (χ4n) is 1.78. The molecule has 0 aliphatic rings. The van der Waals surface area contributed by atoms with E-state index in [1.807, 2.05) is 14.0 Å². The summed E-state index contributed by atoms with van der Waals surface area (Å²) in [6.07, 6.45) is 0. The number of rotatable bonds is 2. The number of benzene rings is 1. The highest BCUT2D eigenvalue weighted by atomic mass is 35.5. The number of hydrogen-bond acceptors (Lipinski definition) is 2. The molecule has 0 atom stereocenters. The highest BCUT2D eigenvalue weighted by molar-refractivity contribution is 6.30. The molecule has 4 heteroatoms. The summed E-state index contributed by atoms with van der Waals surface area (Å²) in [5.41, 5.74) is 8.41. The van der Waals surface area contributed by atoms with Crippen LogP contribution in [0.1, 0.15) is 21.7 Å². The van der Waals surface area contributed by atoms with Crippen molar-refractivity contribution >= 4 is 23.1 Å². The van der Waals surface area contributed by atoms with Gasteiger partial charge in [-0.25, -0.2) is 0 Å². The molecule has 2 aromatic rings. The molecular weight excluding hydrogens is 236 g/mol. The Balaban J connectivity index is 2.47. The zero-order valence-corrected chi connectivity index (χ0v) is 10.5. The maximum Gasteiger partial charge on any atom is 0.211 e. The van der Waals surface area contributed by atoms with E-state index >= 15 is 0 Å². The largest absolute Gasteiger partial charge is 0.397 e. The Morgan fingerprint density at radius 2 is 1.88 bits per heavy atom. The minimum atomic E-state index is -0.0882. The minimum absolute atomic E-state index is 0.0882. The quantitative estimate of drug-likeness (QED) is 0.831. The van der Waals surface area contributed by atoms with Crippen molar-refractivity contribution in [3.05, 3.63) is 52.3 Å². The van der Waals surface area contributed by atoms with Crippen molar-refractivity contribution < 1.29 is 4.79 Å². The zero-order chi connectivity index (χ0) is 12.6. The Labute approximate surface area is 105 Å². The van der Waals surface area contributed by atoms with Gasteiger partial charge in [0.2, 0.25) is 5.78 Å². The molecule has 0 radical (unpaired) electrons. The zero-order valence-electron chi connectivity index (χ0n) is 9.70. The number of carbonyl (C=O) groups is 1. The standard InChI is InChI=1S/C13H13ClN2O/c1-8-7-11(15)12(16(8)2)13(17)9-3-5-10(14)6-4-9/h3-7H,15H2,1-2H3. The van der Waals surface area contributed by atoms with Crippen LogP contribution in [-0.4, -0.2) is 10.4 Å². The van der Waals surface area contributed by atoms with E-state index in [0.717, 1.165) is 5.69 Å².